The molecule has 0 aliphatic heterocycles. The lowest BCUT2D eigenvalue weighted by Crippen LogP contribution is -2.18. The Morgan fingerprint density at radius 3 is 1.05 bits per heavy atom. The van der Waals surface area contributed by atoms with Crippen LogP contribution in [0.2, 0.25) is 0 Å². The molecular formula is C16H26O4. The van der Waals surface area contributed by atoms with Gasteiger partial charge in [-0.25, -0.2) is 0 Å². The molecule has 0 amide bonds. The predicted octanol–water partition coefficient (Wildman–Crippen LogP) is 3.71. The normalized spacial score (nSPS) is 12.4. The van der Waals surface area contributed by atoms with Crippen LogP contribution in [0.15, 0.2) is 0 Å². The standard InChI is InChI=1S/C16H26O4/c1-15(2,3)9-11(17)12(18)10(16(4,5)6)14(20-8)13(9)19-7/h17-18H,1-8H3. The molecule has 1 aromatic rings. The van der Waals surface area contributed by atoms with E-state index in [1.165, 1.54) is 14.2 Å². The summed E-state index contributed by atoms with van der Waals surface area (Å²) in [6.45, 7) is 11.7. The van der Waals surface area contributed by atoms with Crippen LogP contribution in [0.1, 0.15) is 52.7 Å². The molecule has 0 spiro atoms. The Morgan fingerprint density at radius 2 is 0.900 bits per heavy atom. The maximum Gasteiger partial charge on any atom is 0.168 e. The van der Waals surface area contributed by atoms with E-state index in [1.807, 2.05) is 41.5 Å². The van der Waals surface area contributed by atoms with Crippen molar-refractivity contribution in [3.63, 3.8) is 0 Å². The van der Waals surface area contributed by atoms with Crippen molar-refractivity contribution in [1.29, 1.82) is 0 Å². The van der Waals surface area contributed by atoms with Crippen LogP contribution in [-0.2, 0) is 10.8 Å². The fourth-order valence-electron chi connectivity index (χ4n) is 2.46. The number of benzene rings is 1. The first-order chi connectivity index (χ1) is 8.96. The van der Waals surface area contributed by atoms with Gasteiger partial charge in [0.1, 0.15) is 0 Å². The molecule has 0 unspecified atom stereocenters. The predicted molar refractivity (Wildman–Crippen MR) is 80.3 cm³/mol. The number of hydrogen-bond donors (Lipinski definition) is 2. The van der Waals surface area contributed by atoms with Crippen molar-refractivity contribution in [2.75, 3.05) is 14.2 Å². The quantitative estimate of drug-likeness (QED) is 0.812. The lowest BCUT2D eigenvalue weighted by Gasteiger charge is -2.30. The average molecular weight is 282 g/mol. The van der Waals surface area contributed by atoms with E-state index in [0.717, 1.165) is 0 Å². The summed E-state index contributed by atoms with van der Waals surface area (Å²) in [5.74, 6) is 0.667. The molecule has 0 saturated carbocycles. The van der Waals surface area contributed by atoms with Crippen molar-refractivity contribution in [3.8, 4) is 23.0 Å². The topological polar surface area (TPSA) is 58.9 Å². The number of ether oxygens (including phenoxy) is 2. The summed E-state index contributed by atoms with van der Waals surface area (Å²) in [6.07, 6.45) is 0. The summed E-state index contributed by atoms with van der Waals surface area (Å²) < 4.78 is 10.9. The first kappa shape index (κ1) is 16.5. The number of phenols is 2. The Kier molecular flexibility index (Phi) is 4.18. The molecule has 0 bridgehead atoms. The zero-order chi connectivity index (χ0) is 15.9. The molecule has 2 N–H and O–H groups in total. The fourth-order valence-corrected chi connectivity index (χ4v) is 2.46. The van der Waals surface area contributed by atoms with Crippen molar-refractivity contribution >= 4 is 0 Å². The molecule has 0 radical (unpaired) electrons. The third-order valence-electron chi connectivity index (χ3n) is 3.27. The minimum atomic E-state index is -0.392. The molecule has 114 valence electrons. The number of rotatable bonds is 2. The summed E-state index contributed by atoms with van der Waals surface area (Å²) >= 11 is 0. The molecule has 4 nitrogen and oxygen atoms in total. The van der Waals surface area contributed by atoms with Crippen LogP contribution in [-0.4, -0.2) is 24.4 Å². The van der Waals surface area contributed by atoms with Crippen LogP contribution in [0.25, 0.3) is 0 Å². The van der Waals surface area contributed by atoms with E-state index >= 15 is 0 Å². The van der Waals surface area contributed by atoms with Crippen LogP contribution < -0.4 is 9.47 Å². The van der Waals surface area contributed by atoms with Crippen molar-refractivity contribution in [2.24, 2.45) is 0 Å². The minimum absolute atomic E-state index is 0.139. The van der Waals surface area contributed by atoms with Gasteiger partial charge in [-0.05, 0) is 10.8 Å². The first-order valence-electron chi connectivity index (χ1n) is 6.67. The highest BCUT2D eigenvalue weighted by Crippen LogP contribution is 2.54. The molecular weight excluding hydrogens is 256 g/mol. The van der Waals surface area contributed by atoms with Crippen LogP contribution in [0.3, 0.4) is 0 Å². The molecule has 1 aromatic carbocycles. The maximum atomic E-state index is 10.4. The van der Waals surface area contributed by atoms with Gasteiger partial charge < -0.3 is 19.7 Å². The second kappa shape index (κ2) is 5.08. The van der Waals surface area contributed by atoms with E-state index in [1.54, 1.807) is 0 Å². The minimum Gasteiger partial charge on any atom is -0.504 e. The SMILES string of the molecule is COc1c(OC)c(C(C)(C)C)c(O)c(O)c1C(C)(C)C. The Labute approximate surface area is 121 Å². The van der Waals surface area contributed by atoms with Crippen LogP contribution in [0.5, 0.6) is 23.0 Å². The summed E-state index contributed by atoms with van der Waals surface area (Å²) in [5.41, 5.74) is 0.303. The highest BCUT2D eigenvalue weighted by atomic mass is 16.5. The molecule has 0 aliphatic rings. The van der Waals surface area contributed by atoms with Gasteiger partial charge in [0.2, 0.25) is 0 Å². The molecule has 0 aromatic heterocycles. The number of phenolic OH excluding ortho intramolecular Hbond substituents is 2. The molecule has 4 heteroatoms. The number of methoxy groups -OCH3 is 2. The third kappa shape index (κ3) is 2.65. The first-order valence-corrected chi connectivity index (χ1v) is 6.67. The average Bonchev–Trinajstić information content (AvgIpc) is 2.27. The van der Waals surface area contributed by atoms with Crippen molar-refractivity contribution in [1.82, 2.24) is 0 Å². The van der Waals surface area contributed by atoms with E-state index in [0.29, 0.717) is 22.6 Å². The lowest BCUT2D eigenvalue weighted by molar-refractivity contribution is 0.313. The molecule has 20 heavy (non-hydrogen) atoms. The second-order valence-corrected chi connectivity index (χ2v) is 7.01. The van der Waals surface area contributed by atoms with E-state index in [4.69, 9.17) is 9.47 Å². The van der Waals surface area contributed by atoms with Gasteiger partial charge >= 0.3 is 0 Å². The van der Waals surface area contributed by atoms with Gasteiger partial charge in [0.15, 0.2) is 23.0 Å². The Balaban J connectivity index is 3.92. The lowest BCUT2D eigenvalue weighted by atomic mass is 9.79. The van der Waals surface area contributed by atoms with Crippen LogP contribution in [0.4, 0.5) is 0 Å². The van der Waals surface area contributed by atoms with E-state index in [9.17, 15) is 10.2 Å². The van der Waals surface area contributed by atoms with Crippen molar-refractivity contribution < 1.29 is 19.7 Å². The largest absolute Gasteiger partial charge is 0.504 e. The fraction of sp³-hybridized carbons (Fsp3) is 0.625. The maximum absolute atomic E-state index is 10.4. The molecule has 1 rings (SSSR count). The second-order valence-electron chi connectivity index (χ2n) is 7.01. The summed E-state index contributed by atoms with van der Waals surface area (Å²) in [4.78, 5) is 0. The summed E-state index contributed by atoms with van der Waals surface area (Å²) in [7, 11) is 3.08. The molecule has 0 atom stereocenters. The molecule has 0 fully saturated rings. The molecule has 0 aliphatic carbocycles. The van der Waals surface area contributed by atoms with Crippen molar-refractivity contribution in [2.45, 2.75) is 52.4 Å². The zero-order valence-electron chi connectivity index (χ0n) is 13.7. The molecule has 0 heterocycles. The smallest absolute Gasteiger partial charge is 0.168 e. The van der Waals surface area contributed by atoms with Crippen LogP contribution in [0, 0.1) is 0 Å². The Morgan fingerprint density at radius 1 is 0.650 bits per heavy atom. The van der Waals surface area contributed by atoms with E-state index in [2.05, 4.69) is 0 Å². The summed E-state index contributed by atoms with van der Waals surface area (Å²) in [6, 6.07) is 0. The number of hydrogen-bond acceptors (Lipinski definition) is 4. The van der Waals surface area contributed by atoms with Gasteiger partial charge in [-0.15, -0.1) is 0 Å². The highest BCUT2D eigenvalue weighted by molar-refractivity contribution is 5.68. The molecule has 0 saturated heterocycles. The van der Waals surface area contributed by atoms with Crippen LogP contribution >= 0.6 is 0 Å². The monoisotopic (exact) mass is 282 g/mol. The van der Waals surface area contributed by atoms with Crippen molar-refractivity contribution in [3.05, 3.63) is 11.1 Å². The third-order valence-corrected chi connectivity index (χ3v) is 3.27. The number of aromatic hydroxyl groups is 2. The van der Waals surface area contributed by atoms with Gasteiger partial charge in [-0.2, -0.15) is 0 Å². The Bertz CT molecular complexity index is 458. The van der Waals surface area contributed by atoms with E-state index in [-0.39, 0.29) is 11.5 Å². The van der Waals surface area contributed by atoms with E-state index < -0.39 is 10.8 Å². The van der Waals surface area contributed by atoms with Gasteiger partial charge in [0.25, 0.3) is 0 Å². The Hall–Kier alpha value is -1.58. The highest BCUT2D eigenvalue weighted by Gasteiger charge is 2.35. The van der Waals surface area contributed by atoms with Gasteiger partial charge in [-0.3, -0.25) is 0 Å². The van der Waals surface area contributed by atoms with Gasteiger partial charge in [0, 0.05) is 11.1 Å². The summed E-state index contributed by atoms with van der Waals surface area (Å²) in [5, 5.41) is 20.8. The van der Waals surface area contributed by atoms with Gasteiger partial charge in [0.05, 0.1) is 14.2 Å². The van der Waals surface area contributed by atoms with Gasteiger partial charge in [-0.1, -0.05) is 41.5 Å². The zero-order valence-corrected chi connectivity index (χ0v) is 13.7.